The Hall–Kier alpha value is -3.79. The minimum absolute atomic E-state index is 0.136. The van der Waals surface area contributed by atoms with E-state index in [0.29, 0.717) is 31.9 Å². The number of carbonyl (C=O) groups excluding carboxylic acids is 1. The van der Waals surface area contributed by atoms with E-state index in [0.717, 1.165) is 38.3 Å². The third kappa shape index (κ3) is 4.53. The van der Waals surface area contributed by atoms with Crippen molar-refractivity contribution < 1.29 is 23.0 Å². The second-order valence-corrected chi connectivity index (χ2v) is 11.5. The lowest BCUT2D eigenvalue weighted by atomic mass is 9.90. The van der Waals surface area contributed by atoms with Gasteiger partial charge in [0.15, 0.2) is 11.6 Å². The zero-order valence-electron chi connectivity index (χ0n) is 21.2. The van der Waals surface area contributed by atoms with E-state index in [-0.39, 0.29) is 17.7 Å². The van der Waals surface area contributed by atoms with Crippen molar-refractivity contribution in [2.75, 3.05) is 19.7 Å². The number of hydrogen-bond donors (Lipinski definition) is 0. The molecule has 2 aliphatic rings. The SMILES string of the molecule is CC(C)(C)OC(=O)N1CC(c2ccc3c(c2)OCCc2cc(-c4ncnn4-c4ccc(F)cc4F)sc2-3)C1. The Bertz CT molecular complexity index is 1540. The fourth-order valence-electron chi connectivity index (χ4n) is 4.73. The van der Waals surface area contributed by atoms with E-state index in [9.17, 15) is 13.6 Å². The van der Waals surface area contributed by atoms with Gasteiger partial charge < -0.3 is 14.4 Å². The van der Waals surface area contributed by atoms with Gasteiger partial charge in [0.2, 0.25) is 0 Å². The number of likely N-dealkylation sites (tertiary alicyclic amines) is 1. The summed E-state index contributed by atoms with van der Waals surface area (Å²) in [7, 11) is 0. The maximum absolute atomic E-state index is 14.5. The molecule has 0 radical (unpaired) electrons. The summed E-state index contributed by atoms with van der Waals surface area (Å²) in [6, 6.07) is 11.7. The van der Waals surface area contributed by atoms with Crippen LogP contribution in [0, 0.1) is 11.6 Å². The number of rotatable bonds is 3. The molecule has 7 nitrogen and oxygen atoms in total. The second-order valence-electron chi connectivity index (χ2n) is 10.5. The van der Waals surface area contributed by atoms with Crippen molar-refractivity contribution in [3.8, 4) is 32.6 Å². The van der Waals surface area contributed by atoms with Gasteiger partial charge in [0.05, 0.1) is 11.5 Å². The van der Waals surface area contributed by atoms with E-state index in [4.69, 9.17) is 9.47 Å². The van der Waals surface area contributed by atoms with Crippen molar-refractivity contribution >= 4 is 17.4 Å². The highest BCUT2D eigenvalue weighted by atomic mass is 32.1. The Morgan fingerprint density at radius 1 is 1.13 bits per heavy atom. The molecule has 2 aliphatic heterocycles. The molecule has 2 aromatic heterocycles. The lowest BCUT2D eigenvalue weighted by Crippen LogP contribution is -2.50. The summed E-state index contributed by atoms with van der Waals surface area (Å²) >= 11 is 1.54. The zero-order valence-corrected chi connectivity index (χ0v) is 22.0. The van der Waals surface area contributed by atoms with Gasteiger partial charge >= 0.3 is 6.09 Å². The highest BCUT2D eigenvalue weighted by Gasteiger charge is 2.35. The lowest BCUT2D eigenvalue weighted by molar-refractivity contribution is 0.00818. The predicted molar refractivity (Wildman–Crippen MR) is 140 cm³/mol. The summed E-state index contributed by atoms with van der Waals surface area (Å²) in [5.41, 5.74) is 2.84. The minimum Gasteiger partial charge on any atom is -0.493 e. The third-order valence-corrected chi connectivity index (χ3v) is 7.81. The number of ether oxygens (including phenoxy) is 2. The smallest absolute Gasteiger partial charge is 0.410 e. The van der Waals surface area contributed by atoms with E-state index in [1.165, 1.54) is 23.1 Å². The van der Waals surface area contributed by atoms with Gasteiger partial charge in [-0.3, -0.25) is 0 Å². The normalized spacial score (nSPS) is 15.2. The molecule has 196 valence electrons. The number of halogens is 2. The maximum Gasteiger partial charge on any atom is 0.410 e. The van der Waals surface area contributed by atoms with E-state index in [2.05, 4.69) is 28.3 Å². The van der Waals surface area contributed by atoms with Crippen LogP contribution in [0.4, 0.5) is 13.6 Å². The van der Waals surface area contributed by atoms with Crippen LogP contribution in [-0.4, -0.2) is 51.1 Å². The van der Waals surface area contributed by atoms with Gasteiger partial charge in [-0.2, -0.15) is 5.10 Å². The molecule has 10 heteroatoms. The van der Waals surface area contributed by atoms with Crippen molar-refractivity contribution in [1.29, 1.82) is 0 Å². The Balaban J connectivity index is 1.26. The molecule has 4 aromatic rings. The first-order valence-corrected chi connectivity index (χ1v) is 13.2. The van der Waals surface area contributed by atoms with Crippen LogP contribution in [0.1, 0.15) is 37.8 Å². The first-order valence-electron chi connectivity index (χ1n) is 12.4. The van der Waals surface area contributed by atoms with Gasteiger partial charge in [0.1, 0.15) is 29.2 Å². The molecule has 1 saturated heterocycles. The third-order valence-electron chi connectivity index (χ3n) is 6.60. The second kappa shape index (κ2) is 9.20. The summed E-state index contributed by atoms with van der Waals surface area (Å²) in [6.45, 7) is 7.33. The highest BCUT2D eigenvalue weighted by molar-refractivity contribution is 7.19. The van der Waals surface area contributed by atoms with Gasteiger partial charge in [-0.05, 0) is 62.2 Å². The van der Waals surface area contributed by atoms with Crippen LogP contribution in [0.5, 0.6) is 5.75 Å². The van der Waals surface area contributed by atoms with Crippen LogP contribution in [0.3, 0.4) is 0 Å². The largest absolute Gasteiger partial charge is 0.493 e. The molecule has 0 bridgehead atoms. The zero-order chi connectivity index (χ0) is 26.6. The van der Waals surface area contributed by atoms with E-state index < -0.39 is 17.2 Å². The summed E-state index contributed by atoms with van der Waals surface area (Å²) in [5, 5.41) is 4.20. The van der Waals surface area contributed by atoms with Crippen molar-refractivity contribution in [2.45, 2.75) is 38.7 Å². The molecular weight excluding hydrogens is 510 g/mol. The Morgan fingerprint density at radius 2 is 1.95 bits per heavy atom. The number of amides is 1. The van der Waals surface area contributed by atoms with Crippen LogP contribution >= 0.6 is 11.3 Å². The van der Waals surface area contributed by atoms with Gasteiger partial charge in [-0.25, -0.2) is 23.2 Å². The molecule has 0 spiro atoms. The minimum atomic E-state index is -0.706. The van der Waals surface area contributed by atoms with Crippen molar-refractivity contribution in [3.63, 3.8) is 0 Å². The molecule has 4 heterocycles. The summed E-state index contributed by atoms with van der Waals surface area (Å²) in [5.74, 6) is 0.163. The van der Waals surface area contributed by atoms with Crippen LogP contribution in [0.25, 0.3) is 26.8 Å². The number of hydrogen-bond acceptors (Lipinski definition) is 6. The van der Waals surface area contributed by atoms with Crippen molar-refractivity contribution in [2.24, 2.45) is 0 Å². The molecule has 1 fully saturated rings. The summed E-state index contributed by atoms with van der Waals surface area (Å²) < 4.78 is 40.9. The first-order chi connectivity index (χ1) is 18.2. The van der Waals surface area contributed by atoms with Crippen LogP contribution in [-0.2, 0) is 11.2 Å². The van der Waals surface area contributed by atoms with Crippen molar-refractivity contribution in [3.05, 3.63) is 71.6 Å². The van der Waals surface area contributed by atoms with E-state index in [1.54, 1.807) is 16.2 Å². The van der Waals surface area contributed by atoms with Gasteiger partial charge in [0.25, 0.3) is 0 Å². The van der Waals surface area contributed by atoms with Gasteiger partial charge in [0, 0.05) is 41.9 Å². The standard InChI is InChI=1S/C28H26F2N4O3S/c1-28(2,3)37-27(35)33-13-18(14-33)16-4-6-20-23(10-16)36-9-8-17-11-24(38-25(17)20)26-31-15-32-34(26)22-7-5-19(29)12-21(22)30/h4-7,10-12,15,18H,8-9,13-14H2,1-3H3. The summed E-state index contributed by atoms with van der Waals surface area (Å²) in [6.07, 6.45) is 1.79. The number of thiophene rings is 1. The highest BCUT2D eigenvalue weighted by Crippen LogP contribution is 2.45. The number of aromatic nitrogens is 3. The molecule has 2 aromatic carbocycles. The Morgan fingerprint density at radius 3 is 2.71 bits per heavy atom. The monoisotopic (exact) mass is 536 g/mol. The molecular formula is C28H26F2N4O3S. The van der Waals surface area contributed by atoms with E-state index in [1.807, 2.05) is 26.8 Å². The lowest BCUT2D eigenvalue weighted by Gasteiger charge is -2.40. The number of benzene rings is 2. The van der Waals surface area contributed by atoms with E-state index >= 15 is 0 Å². The first kappa shape index (κ1) is 24.5. The predicted octanol–water partition coefficient (Wildman–Crippen LogP) is 6.21. The molecule has 0 aliphatic carbocycles. The molecule has 1 amide bonds. The number of fused-ring (bicyclic) bond motifs is 3. The molecule has 6 rings (SSSR count). The Labute approximate surface area is 222 Å². The molecule has 0 unspecified atom stereocenters. The topological polar surface area (TPSA) is 69.5 Å². The summed E-state index contributed by atoms with van der Waals surface area (Å²) in [4.78, 5) is 20.3. The average Bonchev–Trinajstić information content (AvgIpc) is 3.41. The molecule has 38 heavy (non-hydrogen) atoms. The van der Waals surface area contributed by atoms with Crippen molar-refractivity contribution in [1.82, 2.24) is 19.7 Å². The molecule has 0 saturated carbocycles. The molecule has 0 N–H and O–H groups in total. The van der Waals surface area contributed by atoms with Crippen LogP contribution in [0.15, 0.2) is 48.8 Å². The number of carbonyl (C=O) groups is 1. The fourth-order valence-corrected chi connectivity index (χ4v) is 5.95. The van der Waals surface area contributed by atoms with Gasteiger partial charge in [-0.1, -0.05) is 6.07 Å². The Kier molecular flexibility index (Phi) is 5.94. The number of nitrogens with zero attached hydrogens (tertiary/aromatic N) is 4. The molecule has 0 atom stereocenters. The average molecular weight is 537 g/mol. The quantitative estimate of drug-likeness (QED) is 0.311. The fraction of sp³-hybridized carbons (Fsp3) is 0.321. The van der Waals surface area contributed by atoms with Crippen LogP contribution < -0.4 is 4.74 Å². The van der Waals surface area contributed by atoms with Gasteiger partial charge in [-0.15, -0.1) is 11.3 Å². The van der Waals surface area contributed by atoms with Crippen LogP contribution in [0.2, 0.25) is 0 Å². The maximum atomic E-state index is 14.5.